The van der Waals surface area contributed by atoms with E-state index in [0.717, 1.165) is 69.7 Å². The van der Waals surface area contributed by atoms with Crippen molar-refractivity contribution < 1.29 is 4.39 Å². The van der Waals surface area contributed by atoms with Crippen molar-refractivity contribution in [2.75, 3.05) is 13.1 Å². The largest absolute Gasteiger partial charge is 0.399 e. The number of allylic oxidation sites excluding steroid dienone is 9. The van der Waals surface area contributed by atoms with Crippen LogP contribution in [0.4, 0.5) is 4.39 Å². The first kappa shape index (κ1) is 28.1. The van der Waals surface area contributed by atoms with Crippen molar-refractivity contribution in [1.82, 2.24) is 10.3 Å². The van der Waals surface area contributed by atoms with Crippen molar-refractivity contribution in [3.63, 3.8) is 0 Å². The summed E-state index contributed by atoms with van der Waals surface area (Å²) < 4.78 is 13.9. The zero-order chi connectivity index (χ0) is 27.8. The maximum atomic E-state index is 13.9. The number of hydrogen-bond donors (Lipinski definition) is 3. The SMILES string of the molecule is C=C/C(=C\C(=C/C)C(=C)/C=C(Cc1cc2c(-c3cccc(F)c3)cccc2[nH]1)\C(N)=C/C)CC1CCNCC1. The van der Waals surface area contributed by atoms with Crippen molar-refractivity contribution in [3.8, 4) is 11.1 Å². The molecule has 0 aliphatic carbocycles. The summed E-state index contributed by atoms with van der Waals surface area (Å²) in [6.07, 6.45) is 14.4. The Balaban J connectivity index is 1.60. The van der Waals surface area contributed by atoms with Gasteiger partial charge in [-0.15, -0.1) is 0 Å². The number of aromatic amines is 1. The van der Waals surface area contributed by atoms with Gasteiger partial charge in [-0.25, -0.2) is 4.39 Å². The smallest absolute Gasteiger partial charge is 0.123 e. The Bertz CT molecular complexity index is 1460. The number of aromatic nitrogens is 1. The predicted molar refractivity (Wildman–Crippen MR) is 165 cm³/mol. The Hall–Kier alpha value is -3.89. The van der Waals surface area contributed by atoms with E-state index < -0.39 is 0 Å². The van der Waals surface area contributed by atoms with Crippen LogP contribution in [-0.4, -0.2) is 18.1 Å². The van der Waals surface area contributed by atoms with Gasteiger partial charge in [0.1, 0.15) is 5.82 Å². The number of nitrogens with two attached hydrogens (primary N) is 1. The van der Waals surface area contributed by atoms with Gasteiger partial charge in [0.25, 0.3) is 0 Å². The van der Waals surface area contributed by atoms with Gasteiger partial charge in [0.05, 0.1) is 0 Å². The molecule has 0 unspecified atom stereocenters. The van der Waals surface area contributed by atoms with Gasteiger partial charge in [-0.2, -0.15) is 0 Å². The maximum Gasteiger partial charge on any atom is 0.123 e. The first-order valence-electron chi connectivity index (χ1n) is 13.8. The summed E-state index contributed by atoms with van der Waals surface area (Å²) >= 11 is 0. The van der Waals surface area contributed by atoms with Gasteiger partial charge < -0.3 is 16.0 Å². The molecule has 202 valence electrons. The molecule has 4 rings (SSSR count). The first-order valence-corrected chi connectivity index (χ1v) is 13.8. The molecule has 0 bridgehead atoms. The summed E-state index contributed by atoms with van der Waals surface area (Å²) in [6, 6.07) is 14.9. The molecule has 1 fully saturated rings. The van der Waals surface area contributed by atoms with Crippen molar-refractivity contribution in [1.29, 1.82) is 0 Å². The Morgan fingerprint density at radius 3 is 2.51 bits per heavy atom. The van der Waals surface area contributed by atoms with E-state index in [0.29, 0.717) is 12.3 Å². The maximum absolute atomic E-state index is 13.9. The molecule has 2 aromatic carbocycles. The number of nitrogens with one attached hydrogen (secondary N) is 2. The summed E-state index contributed by atoms with van der Waals surface area (Å²) in [5, 5.41) is 4.50. The van der Waals surface area contributed by atoms with Crippen LogP contribution in [-0.2, 0) is 6.42 Å². The third-order valence-corrected chi connectivity index (χ3v) is 7.53. The average Bonchev–Trinajstić information content (AvgIpc) is 3.37. The van der Waals surface area contributed by atoms with Crippen LogP contribution in [0.1, 0.15) is 38.8 Å². The molecule has 0 amide bonds. The minimum absolute atomic E-state index is 0.242. The molecule has 3 aromatic rings. The zero-order valence-corrected chi connectivity index (χ0v) is 23.2. The molecule has 0 spiro atoms. The highest BCUT2D eigenvalue weighted by Crippen LogP contribution is 2.31. The molecule has 1 aliphatic heterocycles. The zero-order valence-electron chi connectivity index (χ0n) is 23.2. The van der Waals surface area contributed by atoms with Crippen molar-refractivity contribution in [2.45, 2.75) is 39.5 Å². The number of halogens is 1. The van der Waals surface area contributed by atoms with Gasteiger partial charge in [0, 0.05) is 28.7 Å². The topological polar surface area (TPSA) is 53.8 Å². The Labute approximate surface area is 232 Å². The third kappa shape index (κ3) is 7.15. The molecule has 0 radical (unpaired) electrons. The van der Waals surface area contributed by atoms with Gasteiger partial charge >= 0.3 is 0 Å². The van der Waals surface area contributed by atoms with E-state index in [1.54, 1.807) is 12.1 Å². The number of H-pyrrole nitrogens is 1. The summed E-state index contributed by atoms with van der Waals surface area (Å²) in [5.41, 5.74) is 15.3. The summed E-state index contributed by atoms with van der Waals surface area (Å²) in [7, 11) is 0. The summed E-state index contributed by atoms with van der Waals surface area (Å²) in [5.74, 6) is 0.444. The number of hydrogen-bond acceptors (Lipinski definition) is 2. The fraction of sp³-hybridized carbons (Fsp3) is 0.257. The molecule has 4 heteroatoms. The highest BCUT2D eigenvalue weighted by Gasteiger charge is 2.15. The first-order chi connectivity index (χ1) is 18.9. The highest BCUT2D eigenvalue weighted by molar-refractivity contribution is 5.95. The summed E-state index contributed by atoms with van der Waals surface area (Å²) in [6.45, 7) is 14.6. The minimum atomic E-state index is -0.242. The highest BCUT2D eigenvalue weighted by atomic mass is 19.1. The fourth-order valence-electron chi connectivity index (χ4n) is 5.32. The number of benzene rings is 2. The molecule has 1 aliphatic rings. The second-order valence-corrected chi connectivity index (χ2v) is 10.3. The van der Waals surface area contributed by atoms with Crippen molar-refractivity contribution >= 4 is 10.9 Å². The monoisotopic (exact) mass is 521 g/mol. The molecular weight excluding hydrogens is 481 g/mol. The lowest BCUT2D eigenvalue weighted by Gasteiger charge is -2.23. The van der Waals surface area contributed by atoms with Gasteiger partial charge in [0.15, 0.2) is 0 Å². The average molecular weight is 522 g/mol. The van der Waals surface area contributed by atoms with Gasteiger partial charge in [-0.1, -0.05) is 61.7 Å². The molecular formula is C35H40FN3. The molecule has 39 heavy (non-hydrogen) atoms. The lowest BCUT2D eigenvalue weighted by molar-refractivity contribution is 0.374. The number of rotatable bonds is 10. The molecule has 4 N–H and O–H groups in total. The van der Waals surface area contributed by atoms with E-state index in [2.05, 4.69) is 47.8 Å². The van der Waals surface area contributed by atoms with Crippen LogP contribution < -0.4 is 11.1 Å². The van der Waals surface area contributed by atoms with E-state index >= 15 is 0 Å². The van der Waals surface area contributed by atoms with Crippen LogP contribution in [0.15, 0.2) is 120 Å². The predicted octanol–water partition coefficient (Wildman–Crippen LogP) is 8.31. The van der Waals surface area contributed by atoms with Crippen LogP contribution >= 0.6 is 0 Å². The molecule has 0 saturated carbocycles. The fourth-order valence-corrected chi connectivity index (χ4v) is 5.32. The van der Waals surface area contributed by atoms with E-state index in [-0.39, 0.29) is 5.82 Å². The number of piperidine rings is 1. The Morgan fingerprint density at radius 2 is 1.82 bits per heavy atom. The lowest BCUT2D eigenvalue weighted by atomic mass is 9.89. The molecule has 3 nitrogen and oxygen atoms in total. The van der Waals surface area contributed by atoms with Crippen LogP contribution in [0, 0.1) is 11.7 Å². The molecule has 2 heterocycles. The van der Waals surface area contributed by atoms with Crippen LogP contribution in [0.2, 0.25) is 0 Å². The van der Waals surface area contributed by atoms with Gasteiger partial charge in [-0.3, -0.25) is 0 Å². The van der Waals surface area contributed by atoms with Gasteiger partial charge in [-0.05, 0) is 116 Å². The Morgan fingerprint density at radius 1 is 1.05 bits per heavy atom. The second kappa shape index (κ2) is 13.3. The molecule has 0 atom stereocenters. The van der Waals surface area contributed by atoms with Crippen LogP contribution in [0.25, 0.3) is 22.0 Å². The summed E-state index contributed by atoms with van der Waals surface area (Å²) in [4.78, 5) is 3.54. The normalized spacial score (nSPS) is 16.1. The van der Waals surface area contributed by atoms with Gasteiger partial charge in [0.2, 0.25) is 0 Å². The Kier molecular flexibility index (Phi) is 9.56. The number of fused-ring (bicyclic) bond motifs is 1. The van der Waals surface area contributed by atoms with E-state index in [9.17, 15) is 4.39 Å². The third-order valence-electron chi connectivity index (χ3n) is 7.53. The standard InChI is InChI=1S/C35H40FN3/c1-5-25(19-26-14-16-38-17-15-26)20-27(6-2)24(4)18-29(34(37)7-3)22-31-23-33-32(12-9-13-35(33)39-31)28-10-8-11-30(36)21-28/h5-13,18,20-21,23,26,38-39H,1,4,14-17,19,22,37H2,2-3H3/b25-20+,27-6+,29-18-,34-7+. The minimum Gasteiger partial charge on any atom is -0.399 e. The van der Waals surface area contributed by atoms with E-state index in [4.69, 9.17) is 5.73 Å². The van der Waals surface area contributed by atoms with E-state index in [1.165, 1.54) is 24.5 Å². The van der Waals surface area contributed by atoms with Crippen molar-refractivity contribution in [3.05, 3.63) is 132 Å². The van der Waals surface area contributed by atoms with Crippen LogP contribution in [0.3, 0.4) is 0 Å². The lowest BCUT2D eigenvalue weighted by Crippen LogP contribution is -2.27. The second-order valence-electron chi connectivity index (χ2n) is 10.3. The molecule has 1 aromatic heterocycles. The quantitative estimate of drug-likeness (QED) is 0.235. The van der Waals surface area contributed by atoms with Crippen molar-refractivity contribution in [2.24, 2.45) is 11.7 Å². The van der Waals surface area contributed by atoms with Crippen LogP contribution in [0.5, 0.6) is 0 Å². The van der Waals surface area contributed by atoms with E-state index in [1.807, 2.05) is 50.3 Å². The molecule has 1 saturated heterocycles.